The minimum atomic E-state index is -4.89. The van der Waals surface area contributed by atoms with Crippen molar-refractivity contribution in [1.82, 2.24) is 10.0 Å². The molecule has 2 rings (SSSR count). The molecule has 0 saturated carbocycles. The van der Waals surface area contributed by atoms with Gasteiger partial charge in [0.05, 0.1) is 15.5 Å². The molecule has 0 saturated heterocycles. The largest absolute Gasteiger partial charge is 0.573 e. The molecule has 2 aromatic carbocycles. The molecule has 0 bridgehead atoms. The predicted molar refractivity (Wildman–Crippen MR) is 109 cm³/mol. The first-order valence-electron chi connectivity index (χ1n) is 9.29. The molecule has 0 aliphatic carbocycles. The summed E-state index contributed by atoms with van der Waals surface area (Å²) < 4.78 is 90.8. The third kappa shape index (κ3) is 8.48. The summed E-state index contributed by atoms with van der Waals surface area (Å²) in [5.74, 6) is -1.21. The molecule has 0 fully saturated rings. The minimum Gasteiger partial charge on any atom is -0.406 e. The molecule has 0 radical (unpaired) electrons. The monoisotopic (exact) mass is 494 g/mol. The summed E-state index contributed by atoms with van der Waals surface area (Å²) in [6.45, 7) is -0.157. The van der Waals surface area contributed by atoms with Crippen LogP contribution >= 0.6 is 0 Å². The van der Waals surface area contributed by atoms with Gasteiger partial charge < -0.3 is 10.1 Å². The van der Waals surface area contributed by atoms with Crippen molar-refractivity contribution in [3.63, 3.8) is 0 Å². The first-order chi connectivity index (χ1) is 14.9. The molecule has 2 aromatic rings. The Bertz CT molecular complexity index is 1100. The Kier molecular flexibility index (Phi) is 8.64. The lowest BCUT2D eigenvalue weighted by Gasteiger charge is -2.10. The summed E-state index contributed by atoms with van der Waals surface area (Å²) in [5.41, 5.74) is 0. The number of benzene rings is 2. The van der Waals surface area contributed by atoms with E-state index in [0.717, 1.165) is 24.3 Å². The lowest BCUT2D eigenvalue weighted by Crippen LogP contribution is -2.31. The standard InChI is InChI=1S/C19H21F3N2O6S2/c20-19(21,22)30-15-7-9-17(10-8-15)32(28,29)24-13-11-18(25)23-12-4-14-31(26,27)16-5-2-1-3-6-16/h1-3,5-10,24H,4,11-14H2,(H,23,25). The molecule has 0 spiro atoms. The Morgan fingerprint density at radius 2 is 1.50 bits per heavy atom. The maximum atomic E-state index is 12.1. The highest BCUT2D eigenvalue weighted by Crippen LogP contribution is 2.23. The van der Waals surface area contributed by atoms with Crippen molar-refractivity contribution in [1.29, 1.82) is 0 Å². The number of amides is 1. The maximum absolute atomic E-state index is 12.1. The van der Waals surface area contributed by atoms with E-state index < -0.39 is 37.9 Å². The van der Waals surface area contributed by atoms with Gasteiger partial charge in [-0.15, -0.1) is 13.2 Å². The van der Waals surface area contributed by atoms with Crippen LogP contribution in [0, 0.1) is 0 Å². The summed E-state index contributed by atoms with van der Waals surface area (Å²) in [4.78, 5) is 11.7. The van der Waals surface area contributed by atoms with Gasteiger partial charge in [-0.2, -0.15) is 0 Å². The van der Waals surface area contributed by atoms with E-state index in [1.165, 1.54) is 12.1 Å². The third-order valence-electron chi connectivity index (χ3n) is 4.03. The highest BCUT2D eigenvalue weighted by molar-refractivity contribution is 7.91. The van der Waals surface area contributed by atoms with Gasteiger partial charge in [0.1, 0.15) is 5.75 Å². The van der Waals surface area contributed by atoms with Gasteiger partial charge in [0.2, 0.25) is 15.9 Å². The van der Waals surface area contributed by atoms with Crippen molar-refractivity contribution in [3.8, 4) is 5.75 Å². The van der Waals surface area contributed by atoms with Crippen LogP contribution in [0.1, 0.15) is 12.8 Å². The quantitative estimate of drug-likeness (QED) is 0.463. The number of halogens is 3. The fourth-order valence-electron chi connectivity index (χ4n) is 2.53. The lowest BCUT2D eigenvalue weighted by molar-refractivity contribution is -0.274. The van der Waals surface area contributed by atoms with Crippen LogP contribution in [0.15, 0.2) is 64.4 Å². The number of hydrogen-bond donors (Lipinski definition) is 2. The molecule has 0 unspecified atom stereocenters. The highest BCUT2D eigenvalue weighted by Gasteiger charge is 2.31. The number of rotatable bonds is 11. The Hall–Kier alpha value is -2.64. The number of carbonyl (C=O) groups is 1. The van der Waals surface area contributed by atoms with Crippen molar-refractivity contribution >= 4 is 25.8 Å². The van der Waals surface area contributed by atoms with Crippen molar-refractivity contribution in [2.75, 3.05) is 18.8 Å². The van der Waals surface area contributed by atoms with E-state index in [4.69, 9.17) is 0 Å². The van der Waals surface area contributed by atoms with Crippen LogP contribution in [0.25, 0.3) is 0 Å². The second-order valence-corrected chi connectivity index (χ2v) is 10.4. The van der Waals surface area contributed by atoms with Crippen LogP contribution in [-0.4, -0.2) is 47.9 Å². The predicted octanol–water partition coefficient (Wildman–Crippen LogP) is 2.23. The number of hydrogen-bond acceptors (Lipinski definition) is 6. The molecule has 0 aromatic heterocycles. The zero-order valence-electron chi connectivity index (χ0n) is 16.6. The molecule has 2 N–H and O–H groups in total. The van der Waals surface area contributed by atoms with Gasteiger partial charge in [-0.1, -0.05) is 18.2 Å². The van der Waals surface area contributed by atoms with Crippen LogP contribution in [0.3, 0.4) is 0 Å². The van der Waals surface area contributed by atoms with Crippen molar-refractivity contribution in [2.45, 2.75) is 29.0 Å². The molecule has 8 nitrogen and oxygen atoms in total. The summed E-state index contributed by atoms with van der Waals surface area (Å²) in [5, 5.41) is 2.50. The van der Waals surface area contributed by atoms with Gasteiger partial charge in [0, 0.05) is 19.5 Å². The Morgan fingerprint density at radius 1 is 0.875 bits per heavy atom. The summed E-state index contributed by atoms with van der Waals surface area (Å²) in [7, 11) is -7.49. The summed E-state index contributed by atoms with van der Waals surface area (Å²) in [6.07, 6.45) is -4.92. The number of alkyl halides is 3. The molecule has 0 atom stereocenters. The van der Waals surface area contributed by atoms with Crippen LogP contribution in [0.2, 0.25) is 0 Å². The average Bonchev–Trinajstić information content (AvgIpc) is 2.71. The van der Waals surface area contributed by atoms with Gasteiger partial charge in [-0.05, 0) is 42.8 Å². The van der Waals surface area contributed by atoms with Crippen LogP contribution in [0.5, 0.6) is 5.75 Å². The molecule has 176 valence electrons. The van der Waals surface area contributed by atoms with Crippen molar-refractivity contribution in [2.24, 2.45) is 0 Å². The minimum absolute atomic E-state index is 0.0956. The molecule has 32 heavy (non-hydrogen) atoms. The van der Waals surface area contributed by atoms with E-state index in [-0.39, 0.29) is 41.5 Å². The van der Waals surface area contributed by atoms with E-state index in [9.17, 15) is 34.8 Å². The van der Waals surface area contributed by atoms with Gasteiger partial charge in [-0.3, -0.25) is 4.79 Å². The van der Waals surface area contributed by atoms with Crippen LogP contribution in [-0.2, 0) is 24.7 Å². The number of nitrogens with one attached hydrogen (secondary N) is 2. The Labute approximate surface area is 183 Å². The zero-order valence-corrected chi connectivity index (χ0v) is 18.3. The number of ether oxygens (including phenoxy) is 1. The maximum Gasteiger partial charge on any atom is 0.573 e. The van der Waals surface area contributed by atoms with Crippen LogP contribution in [0.4, 0.5) is 13.2 Å². The first kappa shape index (κ1) is 25.6. The van der Waals surface area contributed by atoms with E-state index in [2.05, 4.69) is 14.8 Å². The zero-order chi connectivity index (χ0) is 23.8. The fourth-order valence-corrected chi connectivity index (χ4v) is 4.89. The van der Waals surface area contributed by atoms with E-state index in [1.54, 1.807) is 18.2 Å². The van der Waals surface area contributed by atoms with E-state index >= 15 is 0 Å². The summed E-state index contributed by atoms with van der Waals surface area (Å²) in [6, 6.07) is 11.5. The van der Waals surface area contributed by atoms with Gasteiger partial charge in [0.25, 0.3) is 0 Å². The Balaban J connectivity index is 1.73. The van der Waals surface area contributed by atoms with Crippen molar-refractivity contribution in [3.05, 3.63) is 54.6 Å². The lowest BCUT2D eigenvalue weighted by atomic mass is 10.3. The number of sulfonamides is 1. The number of sulfone groups is 1. The summed E-state index contributed by atoms with van der Waals surface area (Å²) >= 11 is 0. The molecular weight excluding hydrogens is 473 g/mol. The fraction of sp³-hybridized carbons (Fsp3) is 0.316. The topological polar surface area (TPSA) is 119 Å². The molecular formula is C19H21F3N2O6S2. The van der Waals surface area contributed by atoms with Crippen LogP contribution < -0.4 is 14.8 Å². The van der Waals surface area contributed by atoms with E-state index in [0.29, 0.717) is 0 Å². The molecule has 1 amide bonds. The normalized spacial score (nSPS) is 12.3. The van der Waals surface area contributed by atoms with Crippen molar-refractivity contribution < 1.29 is 39.5 Å². The molecule has 0 aliphatic heterocycles. The second-order valence-electron chi connectivity index (χ2n) is 6.50. The smallest absolute Gasteiger partial charge is 0.406 e. The second kappa shape index (κ2) is 10.8. The molecule has 0 aliphatic rings. The van der Waals surface area contributed by atoms with E-state index in [1.807, 2.05) is 0 Å². The first-order valence-corrected chi connectivity index (χ1v) is 12.4. The third-order valence-corrected chi connectivity index (χ3v) is 7.32. The molecule has 0 heterocycles. The SMILES string of the molecule is O=C(CCNS(=O)(=O)c1ccc(OC(F)(F)F)cc1)NCCCS(=O)(=O)c1ccccc1. The molecule has 13 heteroatoms. The highest BCUT2D eigenvalue weighted by atomic mass is 32.2. The van der Waals surface area contributed by atoms with Gasteiger partial charge in [0.15, 0.2) is 9.84 Å². The van der Waals surface area contributed by atoms with Gasteiger partial charge in [-0.25, -0.2) is 21.6 Å². The number of carbonyl (C=O) groups excluding carboxylic acids is 1. The average molecular weight is 495 g/mol. The Morgan fingerprint density at radius 3 is 2.09 bits per heavy atom. The van der Waals surface area contributed by atoms with Gasteiger partial charge >= 0.3 is 6.36 Å².